The van der Waals surface area contributed by atoms with Crippen LogP contribution in [0.5, 0.6) is 0 Å². The topological polar surface area (TPSA) is 59.2 Å². The van der Waals surface area contributed by atoms with E-state index in [1.54, 1.807) is 6.07 Å². The average Bonchev–Trinajstić information content (AvgIpc) is 2.89. The molecular formula is C17H19N3O. The van der Waals surface area contributed by atoms with Crippen LogP contribution in [0.3, 0.4) is 0 Å². The molecule has 1 aromatic heterocycles. The molecule has 0 atom stereocenters. The smallest absolute Gasteiger partial charge is 0.254 e. The number of anilines is 1. The second-order valence-corrected chi connectivity index (χ2v) is 5.79. The minimum atomic E-state index is 0.0159. The van der Waals surface area contributed by atoms with E-state index in [9.17, 15) is 4.79 Å². The number of carbonyl (C=O) groups is 1. The normalized spacial score (nSPS) is 13.6. The molecule has 0 fully saturated rings. The summed E-state index contributed by atoms with van der Waals surface area (Å²) in [6, 6.07) is 11.7. The number of amides is 1. The molecule has 2 N–H and O–H groups in total. The molecule has 0 radical (unpaired) electrons. The predicted molar refractivity (Wildman–Crippen MR) is 82.8 cm³/mol. The lowest BCUT2D eigenvalue weighted by molar-refractivity contribution is 0.0751. The number of fused-ring (bicyclic) bond motifs is 1. The van der Waals surface area contributed by atoms with Gasteiger partial charge in [0.05, 0.1) is 0 Å². The summed E-state index contributed by atoms with van der Waals surface area (Å²) in [5.41, 5.74) is 9.76. The lowest BCUT2D eigenvalue weighted by Crippen LogP contribution is -2.25. The number of rotatable bonds is 2. The minimum absolute atomic E-state index is 0.0159. The maximum absolute atomic E-state index is 12.7. The number of hydrogen-bond acceptors (Lipinski definition) is 3. The van der Waals surface area contributed by atoms with Crippen molar-refractivity contribution < 1.29 is 4.79 Å². The molecule has 0 unspecified atom stereocenters. The summed E-state index contributed by atoms with van der Waals surface area (Å²) >= 11 is 0. The predicted octanol–water partition coefficient (Wildman–Crippen LogP) is 2.94. The third kappa shape index (κ3) is 2.61. The first-order valence-corrected chi connectivity index (χ1v) is 7.18. The number of nitrogens with two attached hydrogens (primary N) is 1. The zero-order valence-electron chi connectivity index (χ0n) is 12.3. The Morgan fingerprint density at radius 1 is 1.19 bits per heavy atom. The van der Waals surface area contributed by atoms with E-state index in [4.69, 9.17) is 5.73 Å². The molecule has 4 nitrogen and oxygen atoms in total. The molecule has 2 heterocycles. The molecule has 1 amide bonds. The highest BCUT2D eigenvalue weighted by molar-refractivity contribution is 5.95. The Balaban J connectivity index is 1.87. The molecule has 0 spiro atoms. The maximum atomic E-state index is 12.7. The Kier molecular flexibility index (Phi) is 3.37. The molecule has 2 aromatic rings. The van der Waals surface area contributed by atoms with Gasteiger partial charge in [-0.25, -0.2) is 4.98 Å². The highest BCUT2D eigenvalue weighted by Crippen LogP contribution is 2.25. The van der Waals surface area contributed by atoms with E-state index in [0.717, 1.165) is 5.69 Å². The fraction of sp³-hybridized carbons (Fsp3) is 0.294. The molecule has 0 bridgehead atoms. The van der Waals surface area contributed by atoms with Crippen LogP contribution in [0.15, 0.2) is 36.4 Å². The van der Waals surface area contributed by atoms with E-state index in [1.807, 2.05) is 36.9 Å². The quantitative estimate of drug-likeness (QED) is 0.920. The van der Waals surface area contributed by atoms with E-state index in [0.29, 0.717) is 24.5 Å². The first kappa shape index (κ1) is 13.6. The van der Waals surface area contributed by atoms with E-state index in [2.05, 4.69) is 17.1 Å². The molecule has 1 aliphatic rings. The van der Waals surface area contributed by atoms with Gasteiger partial charge in [-0.2, -0.15) is 0 Å². The van der Waals surface area contributed by atoms with Crippen LogP contribution in [0, 0.1) is 0 Å². The zero-order valence-corrected chi connectivity index (χ0v) is 12.3. The first-order chi connectivity index (χ1) is 10.0. The molecule has 1 aliphatic heterocycles. The lowest BCUT2D eigenvalue weighted by atomic mass is 10.1. The number of aromatic nitrogens is 1. The summed E-state index contributed by atoms with van der Waals surface area (Å²) in [6.07, 6.45) is 0. The van der Waals surface area contributed by atoms with E-state index in [-0.39, 0.29) is 11.8 Å². The van der Waals surface area contributed by atoms with Gasteiger partial charge in [0.1, 0.15) is 5.82 Å². The highest BCUT2D eigenvalue weighted by Gasteiger charge is 2.24. The van der Waals surface area contributed by atoms with Gasteiger partial charge in [0, 0.05) is 24.3 Å². The van der Waals surface area contributed by atoms with Crippen molar-refractivity contribution in [2.45, 2.75) is 32.9 Å². The fourth-order valence-electron chi connectivity index (χ4n) is 2.65. The number of nitrogen functional groups attached to an aromatic ring is 1. The number of hydrogen-bond donors (Lipinski definition) is 1. The highest BCUT2D eigenvalue weighted by atomic mass is 16.2. The van der Waals surface area contributed by atoms with Crippen LogP contribution in [0.4, 0.5) is 5.82 Å². The van der Waals surface area contributed by atoms with Gasteiger partial charge in [-0.1, -0.05) is 38.1 Å². The van der Waals surface area contributed by atoms with E-state index in [1.165, 1.54) is 11.1 Å². The van der Waals surface area contributed by atoms with Gasteiger partial charge in [0.2, 0.25) is 0 Å². The molecule has 108 valence electrons. The molecule has 0 aliphatic carbocycles. The van der Waals surface area contributed by atoms with Gasteiger partial charge in [-0.05, 0) is 29.2 Å². The largest absolute Gasteiger partial charge is 0.384 e. The van der Waals surface area contributed by atoms with Crippen molar-refractivity contribution in [3.05, 3.63) is 58.8 Å². The molecule has 3 rings (SSSR count). The minimum Gasteiger partial charge on any atom is -0.384 e. The summed E-state index contributed by atoms with van der Waals surface area (Å²) in [4.78, 5) is 18.8. The average molecular weight is 281 g/mol. The summed E-state index contributed by atoms with van der Waals surface area (Å²) in [7, 11) is 0. The zero-order chi connectivity index (χ0) is 15.0. The number of carbonyl (C=O) groups excluding carboxylic acids is 1. The van der Waals surface area contributed by atoms with E-state index >= 15 is 0 Å². The Morgan fingerprint density at radius 3 is 2.38 bits per heavy atom. The summed E-state index contributed by atoms with van der Waals surface area (Å²) in [6.45, 7) is 5.41. The molecule has 1 aromatic carbocycles. The van der Waals surface area contributed by atoms with Crippen LogP contribution in [0.2, 0.25) is 0 Å². The monoisotopic (exact) mass is 281 g/mol. The van der Waals surface area contributed by atoms with Crippen molar-refractivity contribution in [1.82, 2.24) is 9.88 Å². The third-order valence-electron chi connectivity index (χ3n) is 3.83. The van der Waals surface area contributed by atoms with Crippen molar-refractivity contribution in [3.63, 3.8) is 0 Å². The Hall–Kier alpha value is -2.36. The van der Waals surface area contributed by atoms with Crippen LogP contribution in [0.1, 0.15) is 46.9 Å². The van der Waals surface area contributed by atoms with Crippen molar-refractivity contribution in [2.75, 3.05) is 5.73 Å². The van der Waals surface area contributed by atoms with Gasteiger partial charge >= 0.3 is 0 Å². The lowest BCUT2D eigenvalue weighted by Gasteiger charge is -2.17. The van der Waals surface area contributed by atoms with Crippen LogP contribution < -0.4 is 5.73 Å². The van der Waals surface area contributed by atoms with Crippen LogP contribution in [-0.4, -0.2) is 15.8 Å². The number of benzene rings is 1. The summed E-state index contributed by atoms with van der Waals surface area (Å²) in [5.74, 6) is 0.666. The second-order valence-electron chi connectivity index (χ2n) is 5.79. The maximum Gasteiger partial charge on any atom is 0.254 e. The van der Waals surface area contributed by atoms with Crippen molar-refractivity contribution in [1.29, 1.82) is 0 Å². The van der Waals surface area contributed by atoms with Gasteiger partial charge in [0.15, 0.2) is 0 Å². The molecule has 0 saturated carbocycles. The first-order valence-electron chi connectivity index (χ1n) is 7.18. The van der Waals surface area contributed by atoms with Gasteiger partial charge < -0.3 is 10.6 Å². The van der Waals surface area contributed by atoms with Crippen molar-refractivity contribution in [3.8, 4) is 0 Å². The van der Waals surface area contributed by atoms with Crippen LogP contribution >= 0.6 is 0 Å². The number of pyridine rings is 1. The molecule has 21 heavy (non-hydrogen) atoms. The fourth-order valence-corrected chi connectivity index (χ4v) is 2.65. The van der Waals surface area contributed by atoms with Crippen LogP contribution in [0.25, 0.3) is 0 Å². The summed E-state index contributed by atoms with van der Waals surface area (Å²) < 4.78 is 0. The van der Waals surface area contributed by atoms with Crippen molar-refractivity contribution in [2.24, 2.45) is 0 Å². The van der Waals surface area contributed by atoms with Gasteiger partial charge in [-0.3, -0.25) is 4.79 Å². The van der Waals surface area contributed by atoms with Gasteiger partial charge in [0.25, 0.3) is 5.91 Å². The molecule has 4 heteroatoms. The Bertz CT molecular complexity index is 669. The third-order valence-corrected chi connectivity index (χ3v) is 3.83. The SMILES string of the molecule is CC(C)c1cc(C(=O)N2Cc3ccccc3C2)cc(N)n1. The van der Waals surface area contributed by atoms with Crippen LogP contribution in [-0.2, 0) is 13.1 Å². The van der Waals surface area contributed by atoms with E-state index < -0.39 is 0 Å². The van der Waals surface area contributed by atoms with Crippen molar-refractivity contribution >= 4 is 11.7 Å². The Labute approximate surface area is 124 Å². The van der Waals surface area contributed by atoms with Gasteiger partial charge in [-0.15, -0.1) is 0 Å². The standard InChI is InChI=1S/C17H19N3O/c1-11(2)15-7-14(8-16(18)19-15)17(21)20-9-12-5-3-4-6-13(12)10-20/h3-8,11H,9-10H2,1-2H3,(H2,18,19). The molecule has 0 saturated heterocycles. The second kappa shape index (κ2) is 5.20. The molecular weight excluding hydrogens is 262 g/mol. The number of nitrogens with zero attached hydrogens (tertiary/aromatic N) is 2. The Morgan fingerprint density at radius 2 is 1.81 bits per heavy atom. The summed E-state index contributed by atoms with van der Waals surface area (Å²) in [5, 5.41) is 0.